The van der Waals surface area contributed by atoms with Gasteiger partial charge in [0.25, 0.3) is 0 Å². The molecule has 0 bridgehead atoms. The highest BCUT2D eigenvalue weighted by Gasteiger charge is 2.18. The molecule has 2 N–H and O–H groups in total. The van der Waals surface area contributed by atoms with Crippen molar-refractivity contribution < 1.29 is 19.4 Å². The van der Waals surface area contributed by atoms with E-state index in [1.165, 1.54) is 0 Å². The highest BCUT2D eigenvalue weighted by atomic mass is 16.6. The molecule has 0 fully saturated rings. The largest absolute Gasteiger partial charge is 0.444 e. The molecule has 5 nitrogen and oxygen atoms in total. The molecule has 23 heavy (non-hydrogen) atoms. The summed E-state index contributed by atoms with van der Waals surface area (Å²) in [4.78, 5) is 11.2. The van der Waals surface area contributed by atoms with Crippen molar-refractivity contribution in [3.05, 3.63) is 0 Å². The van der Waals surface area contributed by atoms with E-state index in [-0.39, 0.29) is 6.61 Å². The van der Waals surface area contributed by atoms with Crippen molar-refractivity contribution in [1.29, 1.82) is 0 Å². The average molecular weight is 331 g/mol. The maximum Gasteiger partial charge on any atom is 0.407 e. The Bertz CT molecular complexity index is 314. The topological polar surface area (TPSA) is 67.8 Å². The molecule has 138 valence electrons. The van der Waals surface area contributed by atoms with Gasteiger partial charge in [-0.05, 0) is 41.0 Å². The molecule has 0 saturated heterocycles. The second kappa shape index (κ2) is 15.6. The van der Waals surface area contributed by atoms with Gasteiger partial charge in [-0.15, -0.1) is 12.3 Å². The van der Waals surface area contributed by atoms with Gasteiger partial charge < -0.3 is 19.9 Å². The molecule has 0 heterocycles. The van der Waals surface area contributed by atoms with Crippen LogP contribution in [0.3, 0.4) is 0 Å². The molecule has 1 amide bonds. The zero-order valence-electron chi connectivity index (χ0n) is 16.3. The number of carbonyl (C=O) groups excluding carboxylic acids is 1. The third-order valence-corrected chi connectivity index (χ3v) is 2.04. The van der Waals surface area contributed by atoms with Gasteiger partial charge in [-0.1, -0.05) is 20.8 Å². The number of nitrogens with one attached hydrogen (secondary N) is 1. The lowest BCUT2D eigenvalue weighted by molar-refractivity contribution is -0.0521. The van der Waals surface area contributed by atoms with E-state index >= 15 is 0 Å². The summed E-state index contributed by atoms with van der Waals surface area (Å²) >= 11 is 0. The SMILES string of the molecule is C#CCCC.CC.CC(C)(C)OC(=O)NCCOC(C)(C)CO. The maximum atomic E-state index is 11.2. The average Bonchev–Trinajstić information content (AvgIpc) is 2.46. The smallest absolute Gasteiger partial charge is 0.407 e. The Morgan fingerprint density at radius 2 is 1.74 bits per heavy atom. The van der Waals surface area contributed by atoms with Gasteiger partial charge in [0.15, 0.2) is 0 Å². The summed E-state index contributed by atoms with van der Waals surface area (Å²) in [6, 6.07) is 0. The number of ether oxygens (including phenoxy) is 2. The van der Waals surface area contributed by atoms with E-state index in [0.29, 0.717) is 13.2 Å². The lowest BCUT2D eigenvalue weighted by atomic mass is 10.1. The van der Waals surface area contributed by atoms with Gasteiger partial charge >= 0.3 is 6.09 Å². The Labute approximate surface area is 143 Å². The van der Waals surface area contributed by atoms with Gasteiger partial charge in [-0.2, -0.15) is 0 Å². The standard InChI is InChI=1S/C11H23NO4.C5H8.C2H6/c1-10(2,3)16-9(14)12-6-7-15-11(4,5)8-13;1-3-5-4-2;1-2/h13H,6-8H2,1-5H3,(H,12,14);1H,4-5H2,2H3;1-2H3. The fraction of sp³-hybridized carbons (Fsp3) is 0.833. The van der Waals surface area contributed by atoms with Crippen molar-refractivity contribution in [2.24, 2.45) is 0 Å². The Kier molecular flexibility index (Phi) is 18.1. The van der Waals surface area contributed by atoms with Crippen LogP contribution in [0, 0.1) is 12.3 Å². The van der Waals surface area contributed by atoms with Crippen LogP contribution in [-0.4, -0.2) is 42.2 Å². The molecular weight excluding hydrogens is 294 g/mol. The van der Waals surface area contributed by atoms with Crippen LogP contribution in [0.15, 0.2) is 0 Å². The van der Waals surface area contributed by atoms with E-state index in [0.717, 1.165) is 12.8 Å². The molecule has 5 heteroatoms. The van der Waals surface area contributed by atoms with Gasteiger partial charge in [0, 0.05) is 13.0 Å². The first kappa shape index (κ1) is 26.6. The van der Waals surface area contributed by atoms with Crippen LogP contribution in [0.5, 0.6) is 0 Å². The van der Waals surface area contributed by atoms with Crippen molar-refractivity contribution in [3.8, 4) is 12.3 Å². The van der Waals surface area contributed by atoms with Gasteiger partial charge in [0.2, 0.25) is 0 Å². The Hall–Kier alpha value is -1.25. The zero-order valence-corrected chi connectivity index (χ0v) is 16.3. The zero-order chi connectivity index (χ0) is 18.9. The monoisotopic (exact) mass is 331 g/mol. The summed E-state index contributed by atoms with van der Waals surface area (Å²) in [6.07, 6.45) is 6.45. The molecule has 0 rings (SSSR count). The van der Waals surface area contributed by atoms with E-state index in [1.807, 2.05) is 13.8 Å². The number of unbranched alkanes of at least 4 members (excludes halogenated alkanes) is 1. The predicted octanol–water partition coefficient (Wildman–Crippen LogP) is 3.74. The Morgan fingerprint density at radius 3 is 2.04 bits per heavy atom. The minimum Gasteiger partial charge on any atom is -0.444 e. The number of rotatable bonds is 6. The molecule has 0 unspecified atom stereocenters. The molecule has 0 aliphatic carbocycles. The molecule has 0 radical (unpaired) electrons. The van der Waals surface area contributed by atoms with Gasteiger partial charge in [0.1, 0.15) is 5.60 Å². The van der Waals surface area contributed by atoms with Crippen LogP contribution in [0.1, 0.15) is 68.2 Å². The van der Waals surface area contributed by atoms with Crippen molar-refractivity contribution in [3.63, 3.8) is 0 Å². The van der Waals surface area contributed by atoms with Gasteiger partial charge in [-0.3, -0.25) is 0 Å². The Balaban J connectivity index is -0.000000483. The summed E-state index contributed by atoms with van der Waals surface area (Å²) in [5.74, 6) is 2.52. The normalized spacial score (nSPS) is 10.3. The molecule has 0 aromatic carbocycles. The molecule has 0 aliphatic rings. The minimum absolute atomic E-state index is 0.0561. The number of carbonyl (C=O) groups is 1. The molecule has 0 saturated carbocycles. The van der Waals surface area contributed by atoms with Crippen molar-refractivity contribution in [1.82, 2.24) is 5.32 Å². The lowest BCUT2D eigenvalue weighted by Gasteiger charge is -2.23. The number of aliphatic hydroxyl groups excluding tert-OH is 1. The van der Waals surface area contributed by atoms with E-state index in [4.69, 9.17) is 21.0 Å². The fourth-order valence-electron chi connectivity index (χ4n) is 0.985. The summed E-state index contributed by atoms with van der Waals surface area (Å²) in [6.45, 7) is 15.7. The lowest BCUT2D eigenvalue weighted by Crippen LogP contribution is -2.37. The number of hydrogen-bond acceptors (Lipinski definition) is 4. The maximum absolute atomic E-state index is 11.2. The third-order valence-electron chi connectivity index (χ3n) is 2.04. The molecule has 0 aromatic rings. The minimum atomic E-state index is -0.574. The van der Waals surface area contributed by atoms with E-state index < -0.39 is 17.3 Å². The summed E-state index contributed by atoms with van der Waals surface area (Å²) in [7, 11) is 0. The van der Waals surface area contributed by atoms with Crippen LogP contribution < -0.4 is 5.32 Å². The number of hydrogen-bond donors (Lipinski definition) is 2. The van der Waals surface area contributed by atoms with Crippen LogP contribution in [0.2, 0.25) is 0 Å². The Morgan fingerprint density at radius 1 is 1.22 bits per heavy atom. The van der Waals surface area contributed by atoms with E-state index in [2.05, 4.69) is 18.2 Å². The number of amides is 1. The first-order valence-electron chi connectivity index (χ1n) is 8.23. The third kappa shape index (κ3) is 26.0. The molecule has 0 atom stereocenters. The quantitative estimate of drug-likeness (QED) is 0.574. The predicted molar refractivity (Wildman–Crippen MR) is 96.4 cm³/mol. The first-order valence-corrected chi connectivity index (χ1v) is 8.23. The van der Waals surface area contributed by atoms with Crippen molar-refractivity contribution in [2.45, 2.75) is 79.4 Å². The molecular formula is C18H37NO4. The summed E-state index contributed by atoms with van der Waals surface area (Å²) in [5.41, 5.74) is -1.06. The summed E-state index contributed by atoms with van der Waals surface area (Å²) in [5, 5.41) is 11.5. The number of terminal acetylenes is 1. The van der Waals surface area contributed by atoms with Gasteiger partial charge in [-0.25, -0.2) is 4.79 Å². The summed E-state index contributed by atoms with van der Waals surface area (Å²) < 4.78 is 10.4. The van der Waals surface area contributed by atoms with Crippen molar-refractivity contribution in [2.75, 3.05) is 19.8 Å². The second-order valence-corrected chi connectivity index (χ2v) is 6.15. The number of alkyl carbamates (subject to hydrolysis) is 1. The molecule has 0 aliphatic heterocycles. The van der Waals surface area contributed by atoms with Gasteiger partial charge in [0.05, 0.1) is 18.8 Å². The highest BCUT2D eigenvalue weighted by molar-refractivity contribution is 5.67. The van der Waals surface area contributed by atoms with Crippen LogP contribution in [-0.2, 0) is 9.47 Å². The first-order chi connectivity index (χ1) is 10.6. The molecule has 0 spiro atoms. The fourth-order valence-corrected chi connectivity index (χ4v) is 0.985. The van der Waals surface area contributed by atoms with Crippen molar-refractivity contribution >= 4 is 6.09 Å². The van der Waals surface area contributed by atoms with Crippen LogP contribution in [0.25, 0.3) is 0 Å². The van der Waals surface area contributed by atoms with E-state index in [9.17, 15) is 4.79 Å². The molecule has 0 aromatic heterocycles. The highest BCUT2D eigenvalue weighted by Crippen LogP contribution is 2.07. The van der Waals surface area contributed by atoms with Crippen LogP contribution in [0.4, 0.5) is 4.79 Å². The number of aliphatic hydroxyl groups is 1. The van der Waals surface area contributed by atoms with Crippen LogP contribution >= 0.6 is 0 Å². The van der Waals surface area contributed by atoms with E-state index in [1.54, 1.807) is 34.6 Å². The second-order valence-electron chi connectivity index (χ2n) is 6.15.